The van der Waals surface area contributed by atoms with Gasteiger partial charge in [0.15, 0.2) is 11.5 Å². The molecule has 4 rings (SSSR count). The van der Waals surface area contributed by atoms with E-state index in [1.807, 2.05) is 68.4 Å². The zero-order valence-electron chi connectivity index (χ0n) is 16.0. The zero-order valence-corrected chi connectivity index (χ0v) is 16.0. The lowest BCUT2D eigenvalue weighted by atomic mass is 10.1. The van der Waals surface area contributed by atoms with E-state index in [1.54, 1.807) is 23.1 Å². The number of rotatable bonds is 3. The number of nitrogens with zero attached hydrogens (tertiary/aromatic N) is 1. The summed E-state index contributed by atoms with van der Waals surface area (Å²) in [7, 11) is 0. The van der Waals surface area contributed by atoms with E-state index in [1.165, 1.54) is 0 Å². The average molecular weight is 370 g/mol. The Balaban J connectivity index is 1.76. The molecule has 28 heavy (non-hydrogen) atoms. The first kappa shape index (κ1) is 17.9. The predicted octanol–water partition coefficient (Wildman–Crippen LogP) is 4.85. The molecule has 1 aliphatic heterocycles. The number of fused-ring (bicyclic) bond motifs is 1. The largest absolute Gasteiger partial charge is 0.449 e. The monoisotopic (exact) mass is 370 g/mol. The molecule has 0 aliphatic carbocycles. The van der Waals surface area contributed by atoms with Crippen LogP contribution in [0, 0.1) is 13.8 Å². The zero-order chi connectivity index (χ0) is 19.7. The predicted molar refractivity (Wildman–Crippen MR) is 113 cm³/mol. The molecule has 0 fully saturated rings. The summed E-state index contributed by atoms with van der Waals surface area (Å²) >= 11 is 0. The molecule has 1 aliphatic rings. The topological polar surface area (TPSA) is 55.6 Å². The number of nitrogen functional groups attached to an aromatic ring is 1. The minimum Gasteiger partial charge on any atom is -0.449 e. The van der Waals surface area contributed by atoms with Crippen LogP contribution in [-0.2, 0) is 11.3 Å². The molecule has 1 amide bonds. The Morgan fingerprint density at radius 3 is 2.50 bits per heavy atom. The Morgan fingerprint density at radius 2 is 1.75 bits per heavy atom. The van der Waals surface area contributed by atoms with Gasteiger partial charge in [-0.2, -0.15) is 0 Å². The van der Waals surface area contributed by atoms with E-state index in [0.29, 0.717) is 18.0 Å². The fourth-order valence-electron chi connectivity index (χ4n) is 3.26. The van der Waals surface area contributed by atoms with Crippen molar-refractivity contribution in [3.05, 3.63) is 94.7 Å². The van der Waals surface area contributed by atoms with Crippen molar-refractivity contribution in [1.82, 2.24) is 0 Å². The van der Waals surface area contributed by atoms with Crippen LogP contribution in [-0.4, -0.2) is 5.91 Å². The third-order valence-corrected chi connectivity index (χ3v) is 4.92. The van der Waals surface area contributed by atoms with E-state index in [0.717, 1.165) is 27.9 Å². The number of carbonyl (C=O) groups excluding carboxylic acids is 1. The first-order valence-corrected chi connectivity index (χ1v) is 9.23. The van der Waals surface area contributed by atoms with Crippen molar-refractivity contribution < 1.29 is 9.53 Å². The van der Waals surface area contributed by atoms with Crippen molar-refractivity contribution in [2.75, 3.05) is 10.6 Å². The Bertz CT molecular complexity index is 1070. The number of nitrogens with two attached hydrogens (primary N) is 1. The van der Waals surface area contributed by atoms with Gasteiger partial charge in [-0.05, 0) is 48.7 Å². The van der Waals surface area contributed by atoms with Crippen molar-refractivity contribution in [3.63, 3.8) is 0 Å². The lowest BCUT2D eigenvalue weighted by molar-refractivity contribution is -0.117. The molecule has 0 spiro atoms. The molecule has 0 aromatic heterocycles. The van der Waals surface area contributed by atoms with Gasteiger partial charge in [-0.1, -0.05) is 54.1 Å². The maximum Gasteiger partial charge on any atom is 0.294 e. The first-order chi connectivity index (χ1) is 13.5. The van der Waals surface area contributed by atoms with Crippen LogP contribution in [0.5, 0.6) is 5.75 Å². The molecule has 1 heterocycles. The van der Waals surface area contributed by atoms with Crippen LogP contribution < -0.4 is 15.4 Å². The highest BCUT2D eigenvalue weighted by Gasteiger charge is 2.30. The lowest BCUT2D eigenvalue weighted by Gasteiger charge is -2.31. The van der Waals surface area contributed by atoms with Crippen LogP contribution in [0.25, 0.3) is 6.08 Å². The maximum absolute atomic E-state index is 13.3. The van der Waals surface area contributed by atoms with E-state index < -0.39 is 0 Å². The number of hydrogen-bond donors (Lipinski definition) is 1. The van der Waals surface area contributed by atoms with Crippen LogP contribution in [0.4, 0.5) is 11.4 Å². The molecule has 2 N–H and O–H groups in total. The van der Waals surface area contributed by atoms with E-state index in [2.05, 4.69) is 0 Å². The standard InChI is InChI=1S/C24H22N2O2/c1-16-7-9-18(10-8-16)13-23-24(27)26(15-19-6-4-3-5-17(19)2)21-12-11-20(25)14-22(21)28-23/h3-14H,15,25H2,1-2H3/b23-13+. The molecule has 4 heteroatoms. The Hall–Kier alpha value is -3.53. The minimum absolute atomic E-state index is 0.166. The van der Waals surface area contributed by atoms with Crippen molar-refractivity contribution in [2.24, 2.45) is 0 Å². The normalized spacial score (nSPS) is 14.7. The molecule has 0 atom stereocenters. The van der Waals surface area contributed by atoms with Gasteiger partial charge >= 0.3 is 0 Å². The Labute approximate surface area is 164 Å². The highest BCUT2D eigenvalue weighted by Crippen LogP contribution is 2.38. The molecule has 0 saturated carbocycles. The average Bonchev–Trinajstić information content (AvgIpc) is 2.68. The highest BCUT2D eigenvalue weighted by atomic mass is 16.5. The fraction of sp³-hybridized carbons (Fsp3) is 0.125. The van der Waals surface area contributed by atoms with Crippen molar-refractivity contribution in [1.29, 1.82) is 0 Å². The number of carbonyl (C=O) groups is 1. The van der Waals surface area contributed by atoms with Crippen LogP contribution in [0.1, 0.15) is 22.3 Å². The number of anilines is 2. The van der Waals surface area contributed by atoms with Gasteiger partial charge in [0.1, 0.15) is 0 Å². The summed E-state index contributed by atoms with van der Waals surface area (Å²) in [5, 5.41) is 0. The van der Waals surface area contributed by atoms with Gasteiger partial charge < -0.3 is 10.5 Å². The summed E-state index contributed by atoms with van der Waals surface area (Å²) in [5.74, 6) is 0.711. The van der Waals surface area contributed by atoms with Gasteiger partial charge in [-0.3, -0.25) is 9.69 Å². The molecule has 0 unspecified atom stereocenters. The number of aryl methyl sites for hydroxylation is 2. The smallest absolute Gasteiger partial charge is 0.294 e. The highest BCUT2D eigenvalue weighted by molar-refractivity contribution is 6.10. The van der Waals surface area contributed by atoms with Crippen molar-refractivity contribution in [2.45, 2.75) is 20.4 Å². The van der Waals surface area contributed by atoms with Gasteiger partial charge in [0, 0.05) is 11.8 Å². The minimum atomic E-state index is -0.166. The molecular weight excluding hydrogens is 348 g/mol. The van der Waals surface area contributed by atoms with Gasteiger partial charge in [0.05, 0.1) is 12.2 Å². The summed E-state index contributed by atoms with van der Waals surface area (Å²) < 4.78 is 5.95. The van der Waals surface area contributed by atoms with Crippen LogP contribution >= 0.6 is 0 Å². The van der Waals surface area contributed by atoms with E-state index in [-0.39, 0.29) is 11.7 Å². The third kappa shape index (κ3) is 3.49. The summed E-state index contributed by atoms with van der Waals surface area (Å²) in [6, 6.07) is 21.4. The third-order valence-electron chi connectivity index (χ3n) is 4.92. The van der Waals surface area contributed by atoms with Crippen LogP contribution in [0.3, 0.4) is 0 Å². The molecule has 0 saturated heterocycles. The summed E-state index contributed by atoms with van der Waals surface area (Å²) in [6.07, 6.45) is 1.78. The summed E-state index contributed by atoms with van der Waals surface area (Å²) in [5.41, 5.74) is 11.6. The quantitative estimate of drug-likeness (QED) is 0.529. The van der Waals surface area contributed by atoms with Crippen LogP contribution in [0.2, 0.25) is 0 Å². The second kappa shape index (κ2) is 7.24. The number of hydrogen-bond acceptors (Lipinski definition) is 3. The fourth-order valence-corrected chi connectivity index (χ4v) is 3.26. The Kier molecular flexibility index (Phi) is 4.62. The Morgan fingerprint density at radius 1 is 1.00 bits per heavy atom. The molecule has 3 aromatic carbocycles. The first-order valence-electron chi connectivity index (χ1n) is 9.23. The molecule has 140 valence electrons. The molecule has 4 nitrogen and oxygen atoms in total. The molecule has 0 radical (unpaired) electrons. The number of amides is 1. The summed E-state index contributed by atoms with van der Waals surface area (Å²) in [6.45, 7) is 4.55. The molecular formula is C24H22N2O2. The molecule has 0 bridgehead atoms. The van der Waals surface area contributed by atoms with E-state index >= 15 is 0 Å². The number of benzene rings is 3. The second-order valence-electron chi connectivity index (χ2n) is 7.07. The van der Waals surface area contributed by atoms with Gasteiger partial charge in [-0.25, -0.2) is 0 Å². The van der Waals surface area contributed by atoms with Gasteiger partial charge in [0.2, 0.25) is 0 Å². The number of ether oxygens (including phenoxy) is 1. The van der Waals surface area contributed by atoms with Crippen molar-refractivity contribution in [3.8, 4) is 5.75 Å². The van der Waals surface area contributed by atoms with E-state index in [4.69, 9.17) is 10.5 Å². The SMILES string of the molecule is Cc1ccc(/C=C2/Oc3cc(N)ccc3N(Cc3ccccc3C)C2=O)cc1. The van der Waals surface area contributed by atoms with Crippen LogP contribution in [0.15, 0.2) is 72.5 Å². The second-order valence-corrected chi connectivity index (χ2v) is 7.07. The maximum atomic E-state index is 13.3. The van der Waals surface area contributed by atoms with Crippen molar-refractivity contribution >= 4 is 23.4 Å². The summed E-state index contributed by atoms with van der Waals surface area (Å²) in [4.78, 5) is 15.0. The van der Waals surface area contributed by atoms with Gasteiger partial charge in [-0.15, -0.1) is 0 Å². The lowest BCUT2D eigenvalue weighted by Crippen LogP contribution is -2.37. The van der Waals surface area contributed by atoms with Gasteiger partial charge in [0.25, 0.3) is 5.91 Å². The molecule has 3 aromatic rings. The van der Waals surface area contributed by atoms with E-state index in [9.17, 15) is 4.79 Å².